The standard InChI is InChI=1S/C16H16N2O2/c1-2-15-14(8-10-20-15)16(19)18-13-7-3-5-12(11-13)6-4-9-17/h3,5,7-8,10-11H,2,9,17H2,1H3,(H,18,19). The molecule has 0 aliphatic rings. The fraction of sp³-hybridized carbons (Fsp3) is 0.188. The fourth-order valence-electron chi connectivity index (χ4n) is 1.84. The van der Waals surface area contributed by atoms with Crippen molar-refractivity contribution < 1.29 is 9.21 Å². The van der Waals surface area contributed by atoms with Gasteiger partial charge in [0.25, 0.3) is 5.91 Å². The zero-order chi connectivity index (χ0) is 14.4. The Labute approximate surface area is 118 Å². The first kappa shape index (κ1) is 13.9. The third-order valence-electron chi connectivity index (χ3n) is 2.77. The van der Waals surface area contributed by atoms with Gasteiger partial charge in [-0.05, 0) is 24.3 Å². The maximum atomic E-state index is 12.2. The van der Waals surface area contributed by atoms with E-state index in [0.29, 0.717) is 30.0 Å². The highest BCUT2D eigenvalue weighted by atomic mass is 16.3. The van der Waals surface area contributed by atoms with Crippen molar-refractivity contribution >= 4 is 11.6 Å². The van der Waals surface area contributed by atoms with Crippen LogP contribution in [0.3, 0.4) is 0 Å². The highest BCUT2D eigenvalue weighted by Gasteiger charge is 2.13. The van der Waals surface area contributed by atoms with Crippen LogP contribution in [0.1, 0.15) is 28.6 Å². The minimum absolute atomic E-state index is 0.181. The number of anilines is 1. The maximum absolute atomic E-state index is 12.2. The van der Waals surface area contributed by atoms with Crippen LogP contribution in [0.2, 0.25) is 0 Å². The second-order valence-electron chi connectivity index (χ2n) is 4.15. The molecule has 102 valence electrons. The highest BCUT2D eigenvalue weighted by Crippen LogP contribution is 2.15. The first-order valence-corrected chi connectivity index (χ1v) is 6.41. The molecule has 0 aliphatic carbocycles. The first-order chi connectivity index (χ1) is 9.74. The van der Waals surface area contributed by atoms with Crippen LogP contribution in [0, 0.1) is 11.8 Å². The Morgan fingerprint density at radius 2 is 2.25 bits per heavy atom. The third kappa shape index (κ3) is 3.28. The molecule has 4 nitrogen and oxygen atoms in total. The lowest BCUT2D eigenvalue weighted by Gasteiger charge is -2.05. The number of carbonyl (C=O) groups excluding carboxylic acids is 1. The zero-order valence-electron chi connectivity index (χ0n) is 11.3. The van der Waals surface area contributed by atoms with E-state index in [1.165, 1.54) is 6.26 Å². The Morgan fingerprint density at radius 1 is 1.40 bits per heavy atom. The number of aryl methyl sites for hydroxylation is 1. The second kappa shape index (κ2) is 6.60. The molecule has 0 fully saturated rings. The molecule has 20 heavy (non-hydrogen) atoms. The summed E-state index contributed by atoms with van der Waals surface area (Å²) in [7, 11) is 0. The SMILES string of the molecule is CCc1occc1C(=O)Nc1cccc(C#CCN)c1. The molecule has 1 aromatic carbocycles. The minimum atomic E-state index is -0.181. The molecular weight excluding hydrogens is 252 g/mol. The normalized spacial score (nSPS) is 9.70. The number of furan rings is 1. The Bertz CT molecular complexity index is 662. The molecule has 0 bridgehead atoms. The van der Waals surface area contributed by atoms with Gasteiger partial charge in [-0.25, -0.2) is 0 Å². The van der Waals surface area contributed by atoms with E-state index in [1.807, 2.05) is 31.2 Å². The topological polar surface area (TPSA) is 68.3 Å². The van der Waals surface area contributed by atoms with Gasteiger partial charge < -0.3 is 15.5 Å². The number of nitrogens with two attached hydrogens (primary N) is 1. The average Bonchev–Trinajstić information content (AvgIpc) is 2.94. The lowest BCUT2D eigenvalue weighted by Crippen LogP contribution is -2.12. The number of benzene rings is 1. The molecule has 0 unspecified atom stereocenters. The lowest BCUT2D eigenvalue weighted by atomic mass is 10.1. The summed E-state index contributed by atoms with van der Waals surface area (Å²) < 4.78 is 5.25. The van der Waals surface area contributed by atoms with Gasteiger partial charge in [-0.2, -0.15) is 0 Å². The quantitative estimate of drug-likeness (QED) is 0.840. The van der Waals surface area contributed by atoms with Gasteiger partial charge in [0.15, 0.2) is 0 Å². The van der Waals surface area contributed by atoms with Crippen LogP contribution >= 0.6 is 0 Å². The largest absolute Gasteiger partial charge is 0.469 e. The van der Waals surface area contributed by atoms with Gasteiger partial charge in [-0.15, -0.1) is 0 Å². The summed E-state index contributed by atoms with van der Waals surface area (Å²) in [4.78, 5) is 12.2. The second-order valence-corrected chi connectivity index (χ2v) is 4.15. The summed E-state index contributed by atoms with van der Waals surface area (Å²) >= 11 is 0. The molecule has 0 saturated heterocycles. The average molecular weight is 268 g/mol. The smallest absolute Gasteiger partial charge is 0.259 e. The summed E-state index contributed by atoms with van der Waals surface area (Å²) in [6, 6.07) is 9.01. The van der Waals surface area contributed by atoms with Crippen LogP contribution in [0.4, 0.5) is 5.69 Å². The summed E-state index contributed by atoms with van der Waals surface area (Å²) in [5.74, 6) is 6.21. The van der Waals surface area contributed by atoms with E-state index < -0.39 is 0 Å². The molecule has 0 atom stereocenters. The number of rotatable bonds is 3. The van der Waals surface area contributed by atoms with E-state index >= 15 is 0 Å². The zero-order valence-corrected chi connectivity index (χ0v) is 11.3. The van der Waals surface area contributed by atoms with Crippen LogP contribution in [-0.4, -0.2) is 12.5 Å². The van der Waals surface area contributed by atoms with Crippen LogP contribution in [-0.2, 0) is 6.42 Å². The van der Waals surface area contributed by atoms with Gasteiger partial charge in [0.05, 0.1) is 18.4 Å². The van der Waals surface area contributed by atoms with Crippen LogP contribution in [0.25, 0.3) is 0 Å². The molecule has 2 aromatic rings. The van der Waals surface area contributed by atoms with Crippen molar-refractivity contribution in [2.45, 2.75) is 13.3 Å². The highest BCUT2D eigenvalue weighted by molar-refractivity contribution is 6.05. The van der Waals surface area contributed by atoms with Crippen LogP contribution in [0.15, 0.2) is 41.0 Å². The van der Waals surface area contributed by atoms with Crippen molar-refractivity contribution in [2.75, 3.05) is 11.9 Å². The van der Waals surface area contributed by atoms with E-state index in [1.54, 1.807) is 6.07 Å². The molecule has 0 radical (unpaired) electrons. The van der Waals surface area contributed by atoms with E-state index in [2.05, 4.69) is 17.2 Å². The van der Waals surface area contributed by atoms with Gasteiger partial charge in [-0.1, -0.05) is 24.8 Å². The molecule has 1 aromatic heterocycles. The van der Waals surface area contributed by atoms with E-state index in [-0.39, 0.29) is 5.91 Å². The number of hydrogen-bond donors (Lipinski definition) is 2. The van der Waals surface area contributed by atoms with Crippen molar-refractivity contribution in [3.8, 4) is 11.8 Å². The van der Waals surface area contributed by atoms with Crippen molar-refractivity contribution in [2.24, 2.45) is 5.73 Å². The van der Waals surface area contributed by atoms with Gasteiger partial charge in [0.1, 0.15) is 5.76 Å². The van der Waals surface area contributed by atoms with Crippen molar-refractivity contribution in [3.05, 3.63) is 53.5 Å². The first-order valence-electron chi connectivity index (χ1n) is 6.41. The van der Waals surface area contributed by atoms with E-state index in [0.717, 1.165) is 5.56 Å². The molecule has 3 N–H and O–H groups in total. The van der Waals surface area contributed by atoms with E-state index in [4.69, 9.17) is 10.2 Å². The number of hydrogen-bond acceptors (Lipinski definition) is 3. The predicted octanol–water partition coefficient (Wildman–Crippen LogP) is 2.40. The summed E-state index contributed by atoms with van der Waals surface area (Å²) in [5, 5.41) is 2.84. The molecule has 0 aliphatic heterocycles. The van der Waals surface area contributed by atoms with Gasteiger partial charge in [-0.3, -0.25) is 4.79 Å². The third-order valence-corrected chi connectivity index (χ3v) is 2.77. The Balaban J connectivity index is 2.16. The number of nitrogens with one attached hydrogen (secondary N) is 1. The van der Waals surface area contributed by atoms with Crippen LogP contribution in [0.5, 0.6) is 0 Å². The van der Waals surface area contributed by atoms with Crippen molar-refractivity contribution in [1.82, 2.24) is 0 Å². The number of amides is 1. The number of carbonyl (C=O) groups is 1. The predicted molar refractivity (Wildman–Crippen MR) is 78.4 cm³/mol. The molecule has 1 heterocycles. The van der Waals surface area contributed by atoms with Crippen LogP contribution < -0.4 is 11.1 Å². The van der Waals surface area contributed by atoms with Crippen molar-refractivity contribution in [1.29, 1.82) is 0 Å². The Morgan fingerprint density at radius 3 is 3.00 bits per heavy atom. The molecule has 0 spiro atoms. The summed E-state index contributed by atoms with van der Waals surface area (Å²) in [6.45, 7) is 2.25. The van der Waals surface area contributed by atoms with Gasteiger partial charge in [0, 0.05) is 17.7 Å². The summed E-state index contributed by atoms with van der Waals surface area (Å²) in [6.07, 6.45) is 2.20. The molecule has 2 rings (SSSR count). The maximum Gasteiger partial charge on any atom is 0.259 e. The molecular formula is C16H16N2O2. The van der Waals surface area contributed by atoms with E-state index in [9.17, 15) is 4.79 Å². The Kier molecular flexibility index (Phi) is 4.59. The monoisotopic (exact) mass is 268 g/mol. The van der Waals surface area contributed by atoms with Gasteiger partial charge in [0.2, 0.25) is 0 Å². The minimum Gasteiger partial charge on any atom is -0.469 e. The molecule has 4 heteroatoms. The van der Waals surface area contributed by atoms with Gasteiger partial charge >= 0.3 is 0 Å². The molecule has 0 saturated carbocycles. The summed E-state index contributed by atoms with van der Waals surface area (Å²) in [5.41, 5.74) is 7.41. The van der Waals surface area contributed by atoms with Crippen molar-refractivity contribution in [3.63, 3.8) is 0 Å². The Hall–Kier alpha value is -2.51. The molecule has 1 amide bonds. The lowest BCUT2D eigenvalue weighted by molar-refractivity contribution is 0.102. The fourth-order valence-corrected chi connectivity index (χ4v) is 1.84.